The summed E-state index contributed by atoms with van der Waals surface area (Å²) in [6.07, 6.45) is 0. The molecule has 0 aliphatic heterocycles. The summed E-state index contributed by atoms with van der Waals surface area (Å²) in [7, 11) is 1.14. The first-order valence-electron chi connectivity index (χ1n) is 3.34. The molecule has 0 saturated carbocycles. The fourth-order valence-corrected chi connectivity index (χ4v) is 0.759. The molecule has 0 aliphatic rings. The average molecular weight is 180 g/mol. The molecule has 0 spiro atoms. The highest BCUT2D eigenvalue weighted by atomic mass is 19.1. The molecular weight excluding hydrogens is 175 g/mol. The Labute approximate surface area is 73.6 Å². The lowest BCUT2D eigenvalue weighted by atomic mass is 10.2. The predicted molar refractivity (Wildman–Crippen MR) is 40.2 cm³/mol. The summed E-state index contributed by atoms with van der Waals surface area (Å²) in [4.78, 5) is 14.1. The molecule has 13 heavy (non-hydrogen) atoms. The highest BCUT2D eigenvalue weighted by molar-refractivity contribution is 5.89. The summed E-state index contributed by atoms with van der Waals surface area (Å²) in [6.45, 7) is 0. The minimum absolute atomic E-state index is 0.0786. The molecule has 0 amide bonds. The van der Waals surface area contributed by atoms with Crippen LogP contribution in [0.5, 0.6) is 0 Å². The predicted octanol–water partition coefficient (Wildman–Crippen LogP) is 0.879. The highest BCUT2D eigenvalue weighted by Crippen LogP contribution is 2.06. The second kappa shape index (κ2) is 3.63. The van der Waals surface area contributed by atoms with Crippen molar-refractivity contribution in [3.05, 3.63) is 29.3 Å². The number of rotatable bonds is 1. The maximum absolute atomic E-state index is 12.9. The van der Waals surface area contributed by atoms with Crippen molar-refractivity contribution in [2.45, 2.75) is 0 Å². The third kappa shape index (κ3) is 1.79. The van der Waals surface area contributed by atoms with Gasteiger partial charge in [-0.25, -0.2) is 9.78 Å². The summed E-state index contributed by atoms with van der Waals surface area (Å²) in [5.41, 5.74) is -0.355. The van der Waals surface area contributed by atoms with Gasteiger partial charge in [-0.1, -0.05) is 0 Å². The first-order chi connectivity index (χ1) is 6.19. The van der Waals surface area contributed by atoms with Crippen LogP contribution in [-0.4, -0.2) is 18.1 Å². The van der Waals surface area contributed by atoms with Gasteiger partial charge in [-0.2, -0.15) is 9.65 Å². The topological polar surface area (TPSA) is 63.0 Å². The van der Waals surface area contributed by atoms with Crippen LogP contribution in [0.1, 0.15) is 16.1 Å². The minimum atomic E-state index is -0.995. The molecule has 0 aliphatic carbocycles. The Morgan fingerprint density at radius 2 is 2.38 bits per heavy atom. The van der Waals surface area contributed by atoms with Crippen LogP contribution in [0.15, 0.2) is 12.1 Å². The Morgan fingerprint density at radius 1 is 1.69 bits per heavy atom. The van der Waals surface area contributed by atoms with Crippen LogP contribution < -0.4 is 0 Å². The Kier molecular flexibility index (Phi) is 2.55. The number of esters is 1. The lowest BCUT2D eigenvalue weighted by molar-refractivity contribution is 0.0594. The molecule has 0 bridgehead atoms. The van der Waals surface area contributed by atoms with Crippen LogP contribution in [-0.2, 0) is 4.74 Å². The third-order valence-corrected chi connectivity index (χ3v) is 1.37. The molecule has 4 nitrogen and oxygen atoms in total. The quantitative estimate of drug-likeness (QED) is 0.475. The fraction of sp³-hybridized carbons (Fsp3) is 0.125. The average Bonchev–Trinajstić information content (AvgIpc) is 2.16. The molecule has 1 aromatic heterocycles. The van der Waals surface area contributed by atoms with Gasteiger partial charge in [0.1, 0.15) is 17.3 Å². The van der Waals surface area contributed by atoms with Crippen LogP contribution in [0.25, 0.3) is 0 Å². The van der Waals surface area contributed by atoms with Gasteiger partial charge in [-0.05, 0) is 12.1 Å². The van der Waals surface area contributed by atoms with Gasteiger partial charge >= 0.3 is 5.97 Å². The minimum Gasteiger partial charge on any atom is -0.465 e. The van der Waals surface area contributed by atoms with Crippen LogP contribution >= 0.6 is 0 Å². The van der Waals surface area contributed by atoms with Crippen molar-refractivity contribution in [1.82, 2.24) is 4.98 Å². The van der Waals surface area contributed by atoms with E-state index >= 15 is 0 Å². The van der Waals surface area contributed by atoms with Crippen molar-refractivity contribution in [2.75, 3.05) is 7.11 Å². The zero-order valence-corrected chi connectivity index (χ0v) is 6.74. The largest absolute Gasteiger partial charge is 0.465 e. The number of nitriles is 1. The number of nitrogens with zero attached hydrogens (tertiary/aromatic N) is 2. The molecular formula is C8H5FN2O2. The summed E-state index contributed by atoms with van der Waals surface area (Å²) < 4.78 is 17.2. The number of hydrogen-bond donors (Lipinski definition) is 0. The van der Waals surface area contributed by atoms with E-state index in [2.05, 4.69) is 9.72 Å². The number of pyridine rings is 1. The molecule has 0 N–H and O–H groups in total. The van der Waals surface area contributed by atoms with Gasteiger partial charge in [0.15, 0.2) is 0 Å². The Hall–Kier alpha value is -1.96. The smallest absolute Gasteiger partial charge is 0.342 e. The number of carbonyl (C=O) groups excluding carboxylic acids is 1. The molecule has 0 radical (unpaired) electrons. The molecule has 66 valence electrons. The van der Waals surface area contributed by atoms with Crippen molar-refractivity contribution in [3.8, 4) is 6.07 Å². The molecule has 1 aromatic rings. The van der Waals surface area contributed by atoms with Gasteiger partial charge < -0.3 is 4.74 Å². The number of hydrogen-bond acceptors (Lipinski definition) is 4. The normalized spacial score (nSPS) is 9.00. The summed E-state index contributed by atoms with van der Waals surface area (Å²) >= 11 is 0. The van der Waals surface area contributed by atoms with Crippen LogP contribution in [0.3, 0.4) is 0 Å². The van der Waals surface area contributed by atoms with E-state index in [-0.39, 0.29) is 11.3 Å². The lowest BCUT2D eigenvalue weighted by Crippen LogP contribution is -2.06. The van der Waals surface area contributed by atoms with E-state index in [1.54, 1.807) is 6.07 Å². The Balaban J connectivity index is 3.14. The van der Waals surface area contributed by atoms with E-state index in [0.717, 1.165) is 13.2 Å². The zero-order chi connectivity index (χ0) is 9.84. The fourth-order valence-electron chi connectivity index (χ4n) is 0.759. The first-order valence-corrected chi connectivity index (χ1v) is 3.34. The van der Waals surface area contributed by atoms with Crippen molar-refractivity contribution in [2.24, 2.45) is 0 Å². The van der Waals surface area contributed by atoms with Gasteiger partial charge in [0.05, 0.1) is 7.11 Å². The highest BCUT2D eigenvalue weighted by Gasteiger charge is 2.13. The molecule has 1 heterocycles. The van der Waals surface area contributed by atoms with E-state index < -0.39 is 11.9 Å². The molecule has 0 aromatic carbocycles. The van der Waals surface area contributed by atoms with E-state index in [1.165, 1.54) is 6.07 Å². The monoisotopic (exact) mass is 180 g/mol. The van der Waals surface area contributed by atoms with Crippen molar-refractivity contribution < 1.29 is 13.9 Å². The maximum atomic E-state index is 12.9. The summed E-state index contributed by atoms with van der Waals surface area (Å²) in [5.74, 6) is -1.81. The molecule has 5 heteroatoms. The molecule has 1 rings (SSSR count). The van der Waals surface area contributed by atoms with Crippen molar-refractivity contribution in [1.29, 1.82) is 5.26 Å². The van der Waals surface area contributed by atoms with Gasteiger partial charge in [-0.15, -0.1) is 0 Å². The summed E-state index contributed by atoms with van der Waals surface area (Å²) in [6, 6.07) is 4.05. The van der Waals surface area contributed by atoms with Crippen LogP contribution in [0.4, 0.5) is 4.39 Å². The van der Waals surface area contributed by atoms with Crippen LogP contribution in [0, 0.1) is 17.3 Å². The van der Waals surface area contributed by atoms with E-state index in [1.807, 2.05) is 0 Å². The SMILES string of the molecule is COC(=O)c1ccc(C#N)nc1F. The lowest BCUT2D eigenvalue weighted by Gasteiger charge is -1.98. The second-order valence-electron chi connectivity index (χ2n) is 2.14. The number of carbonyl (C=O) groups is 1. The second-order valence-corrected chi connectivity index (χ2v) is 2.14. The first kappa shape index (κ1) is 9.13. The van der Waals surface area contributed by atoms with Crippen molar-refractivity contribution >= 4 is 5.97 Å². The van der Waals surface area contributed by atoms with Crippen molar-refractivity contribution in [3.63, 3.8) is 0 Å². The van der Waals surface area contributed by atoms with Gasteiger partial charge in [-0.3, -0.25) is 0 Å². The number of aromatic nitrogens is 1. The molecule has 0 saturated heterocycles. The molecule has 0 fully saturated rings. The molecule has 0 atom stereocenters. The zero-order valence-electron chi connectivity index (χ0n) is 6.74. The van der Waals surface area contributed by atoms with Gasteiger partial charge in [0, 0.05) is 0 Å². The third-order valence-electron chi connectivity index (χ3n) is 1.37. The molecule has 0 unspecified atom stereocenters. The van der Waals surface area contributed by atoms with Gasteiger partial charge in [0.25, 0.3) is 0 Å². The Bertz CT molecular complexity index is 384. The van der Waals surface area contributed by atoms with Gasteiger partial charge in [0.2, 0.25) is 5.95 Å². The number of halogens is 1. The number of methoxy groups -OCH3 is 1. The summed E-state index contributed by atoms with van der Waals surface area (Å²) in [5, 5.41) is 8.35. The van der Waals surface area contributed by atoms with E-state index in [9.17, 15) is 9.18 Å². The Morgan fingerprint density at radius 3 is 2.85 bits per heavy atom. The number of ether oxygens (including phenoxy) is 1. The van der Waals surface area contributed by atoms with Crippen LogP contribution in [0.2, 0.25) is 0 Å². The van der Waals surface area contributed by atoms with E-state index in [4.69, 9.17) is 5.26 Å². The van der Waals surface area contributed by atoms with E-state index in [0.29, 0.717) is 0 Å². The standard InChI is InChI=1S/C8H5FN2O2/c1-13-8(12)6-3-2-5(4-10)11-7(6)9/h2-3H,1H3. The maximum Gasteiger partial charge on any atom is 0.342 e.